The molecule has 1 saturated carbocycles. The van der Waals surface area contributed by atoms with E-state index in [1.165, 1.54) is 51.3 Å². The first-order valence-electron chi connectivity index (χ1n) is 9.30. The van der Waals surface area contributed by atoms with Crippen molar-refractivity contribution >= 4 is 42.6 Å². The van der Waals surface area contributed by atoms with Crippen molar-refractivity contribution < 1.29 is 10.0 Å². The Balaban J connectivity index is 0.00000182. The van der Waals surface area contributed by atoms with Crippen LogP contribution in [-0.4, -0.2) is 46.7 Å². The van der Waals surface area contributed by atoms with Crippen molar-refractivity contribution in [3.8, 4) is 0 Å². The van der Waals surface area contributed by atoms with Gasteiger partial charge in [-0.15, -0.1) is 24.8 Å². The van der Waals surface area contributed by atoms with Crippen molar-refractivity contribution in [2.24, 2.45) is 5.92 Å². The molecule has 6 nitrogen and oxygen atoms in total. The molecule has 1 aromatic heterocycles. The normalized spacial score (nSPS) is 20.7. The van der Waals surface area contributed by atoms with Gasteiger partial charge in [0.2, 0.25) is 0 Å². The highest BCUT2D eigenvalue weighted by Crippen LogP contribution is 2.26. The average Bonchev–Trinajstić information content (AvgIpc) is 3.08. The van der Waals surface area contributed by atoms with Gasteiger partial charge in [-0.1, -0.05) is 19.3 Å². The number of anilines is 1. The number of carbonyl (C=O) groups is 1. The van der Waals surface area contributed by atoms with Crippen LogP contribution in [0.2, 0.25) is 0 Å². The Labute approximate surface area is 173 Å². The lowest BCUT2D eigenvalue weighted by Crippen LogP contribution is -2.31. The van der Waals surface area contributed by atoms with Gasteiger partial charge < -0.3 is 10.2 Å². The van der Waals surface area contributed by atoms with E-state index in [-0.39, 0.29) is 24.8 Å². The maximum absolute atomic E-state index is 11.0. The summed E-state index contributed by atoms with van der Waals surface area (Å²) in [6, 6.07) is 4.30. The van der Waals surface area contributed by atoms with Gasteiger partial charge in [-0.3, -0.25) is 10.0 Å². The highest BCUT2D eigenvalue weighted by molar-refractivity contribution is 5.90. The van der Waals surface area contributed by atoms with Crippen molar-refractivity contribution in [2.75, 3.05) is 25.0 Å². The molecule has 1 amide bonds. The van der Waals surface area contributed by atoms with Crippen LogP contribution in [0.4, 0.5) is 5.82 Å². The van der Waals surface area contributed by atoms with Crippen molar-refractivity contribution in [1.29, 1.82) is 0 Å². The lowest BCUT2D eigenvalue weighted by atomic mass is 9.89. The molecule has 1 atom stereocenters. The molecule has 0 aromatic carbocycles. The van der Waals surface area contributed by atoms with E-state index >= 15 is 0 Å². The first kappa shape index (κ1) is 23.7. The molecule has 0 radical (unpaired) electrons. The van der Waals surface area contributed by atoms with Gasteiger partial charge in [0.15, 0.2) is 0 Å². The molecule has 2 fully saturated rings. The zero-order valence-electron chi connectivity index (χ0n) is 15.5. The van der Waals surface area contributed by atoms with Crippen LogP contribution in [0, 0.1) is 5.92 Å². The van der Waals surface area contributed by atoms with Crippen LogP contribution < -0.4 is 10.8 Å². The monoisotopic (exact) mass is 416 g/mol. The van der Waals surface area contributed by atoms with E-state index in [0.29, 0.717) is 6.04 Å². The molecule has 1 aliphatic carbocycles. The van der Waals surface area contributed by atoms with Gasteiger partial charge in [-0.25, -0.2) is 10.5 Å². The van der Waals surface area contributed by atoms with Gasteiger partial charge in [0.05, 0.1) is 0 Å². The van der Waals surface area contributed by atoms with Crippen molar-refractivity contribution in [2.45, 2.75) is 44.6 Å². The zero-order valence-corrected chi connectivity index (χ0v) is 17.1. The Kier molecular flexibility index (Phi) is 10.7. The van der Waals surface area contributed by atoms with Crippen LogP contribution in [0.25, 0.3) is 6.08 Å². The second-order valence-electron chi connectivity index (χ2n) is 7.18. The number of rotatable bonds is 6. The number of carbonyl (C=O) groups excluding carboxylic acids is 1. The smallest absolute Gasteiger partial charge is 0.267 e. The number of hydrogen-bond donors (Lipinski definition) is 3. The third-order valence-corrected chi connectivity index (χ3v) is 5.19. The molecule has 1 aliphatic heterocycles. The molecular weight excluding hydrogens is 387 g/mol. The van der Waals surface area contributed by atoms with Gasteiger partial charge in [-0.2, -0.15) is 0 Å². The molecule has 1 saturated heterocycles. The van der Waals surface area contributed by atoms with Crippen molar-refractivity contribution in [3.05, 3.63) is 30.0 Å². The lowest BCUT2D eigenvalue weighted by Gasteiger charge is -2.26. The topological polar surface area (TPSA) is 77.5 Å². The van der Waals surface area contributed by atoms with Gasteiger partial charge in [0.1, 0.15) is 5.82 Å². The molecule has 27 heavy (non-hydrogen) atoms. The van der Waals surface area contributed by atoms with Gasteiger partial charge in [-0.05, 0) is 49.0 Å². The van der Waals surface area contributed by atoms with E-state index < -0.39 is 5.91 Å². The van der Waals surface area contributed by atoms with Crippen LogP contribution in [0.5, 0.6) is 0 Å². The largest absolute Gasteiger partial charge is 0.366 e. The summed E-state index contributed by atoms with van der Waals surface area (Å²) >= 11 is 0. The van der Waals surface area contributed by atoms with E-state index in [2.05, 4.69) is 15.2 Å². The molecule has 152 valence electrons. The summed E-state index contributed by atoms with van der Waals surface area (Å²) in [5.74, 6) is 1.22. The number of nitrogens with one attached hydrogen (secondary N) is 2. The van der Waals surface area contributed by atoms with Gasteiger partial charge in [0.25, 0.3) is 5.91 Å². The fourth-order valence-electron chi connectivity index (χ4n) is 3.86. The van der Waals surface area contributed by atoms with Crippen molar-refractivity contribution in [3.63, 3.8) is 0 Å². The minimum Gasteiger partial charge on any atom is -0.366 e. The molecule has 2 heterocycles. The number of halogens is 2. The summed E-state index contributed by atoms with van der Waals surface area (Å²) < 4.78 is 0. The van der Waals surface area contributed by atoms with Crippen LogP contribution in [0.3, 0.4) is 0 Å². The molecule has 0 spiro atoms. The number of nitrogens with zero attached hydrogens (tertiary/aromatic N) is 2. The van der Waals surface area contributed by atoms with E-state index in [1.54, 1.807) is 17.8 Å². The molecule has 2 aliphatic rings. The van der Waals surface area contributed by atoms with E-state index in [1.807, 2.05) is 12.1 Å². The van der Waals surface area contributed by atoms with Crippen molar-refractivity contribution in [1.82, 2.24) is 15.4 Å². The fourth-order valence-corrected chi connectivity index (χ4v) is 3.86. The SMILES string of the molecule is Cl.Cl.O=C(/C=C/c1ccc(NC2CCN(CC3CCCCC3)C2)nc1)NO. The predicted molar refractivity (Wildman–Crippen MR) is 113 cm³/mol. The molecule has 0 bridgehead atoms. The number of hydroxylamine groups is 1. The Morgan fingerprint density at radius 1 is 1.22 bits per heavy atom. The number of pyridine rings is 1. The summed E-state index contributed by atoms with van der Waals surface area (Å²) in [6.07, 6.45) is 12.8. The summed E-state index contributed by atoms with van der Waals surface area (Å²) in [6.45, 7) is 3.52. The maximum atomic E-state index is 11.0. The molecule has 8 heteroatoms. The minimum absolute atomic E-state index is 0. The third-order valence-electron chi connectivity index (χ3n) is 5.19. The third kappa shape index (κ3) is 7.66. The highest BCUT2D eigenvalue weighted by Gasteiger charge is 2.25. The summed E-state index contributed by atoms with van der Waals surface area (Å²) in [5.41, 5.74) is 2.38. The Morgan fingerprint density at radius 3 is 2.67 bits per heavy atom. The molecule has 3 rings (SSSR count). The number of aromatic nitrogens is 1. The number of likely N-dealkylation sites (tertiary alicyclic amines) is 1. The van der Waals surface area contributed by atoms with Gasteiger partial charge >= 0.3 is 0 Å². The fraction of sp³-hybridized carbons (Fsp3) is 0.579. The standard InChI is InChI=1S/C19H28N4O2.2ClH/c24-19(22-25)9-7-15-6-8-18(20-12-15)21-17-10-11-23(14-17)13-16-4-2-1-3-5-16;;/h6-9,12,16-17,25H,1-5,10-11,13-14H2,(H,20,21)(H,22,24);2*1H/b9-7+;;. The van der Waals surface area contributed by atoms with Gasteiger partial charge in [0, 0.05) is 37.9 Å². The second-order valence-corrected chi connectivity index (χ2v) is 7.18. The highest BCUT2D eigenvalue weighted by atomic mass is 35.5. The number of hydrogen-bond acceptors (Lipinski definition) is 5. The molecular formula is C19H30Cl2N4O2. The van der Waals surface area contributed by atoms with Crippen LogP contribution >= 0.6 is 24.8 Å². The Hall–Kier alpha value is -1.34. The summed E-state index contributed by atoms with van der Waals surface area (Å²) in [7, 11) is 0. The summed E-state index contributed by atoms with van der Waals surface area (Å²) in [5, 5.41) is 12.0. The first-order chi connectivity index (χ1) is 12.2. The quantitative estimate of drug-likeness (QED) is 0.375. The van der Waals surface area contributed by atoms with Crippen LogP contribution in [0.1, 0.15) is 44.1 Å². The van der Waals surface area contributed by atoms with Crippen LogP contribution in [-0.2, 0) is 4.79 Å². The van der Waals surface area contributed by atoms with E-state index in [4.69, 9.17) is 5.21 Å². The lowest BCUT2D eigenvalue weighted by molar-refractivity contribution is -0.124. The average molecular weight is 417 g/mol. The van der Waals surface area contributed by atoms with E-state index in [0.717, 1.165) is 30.3 Å². The van der Waals surface area contributed by atoms with E-state index in [9.17, 15) is 4.79 Å². The zero-order chi connectivity index (χ0) is 17.5. The number of amides is 1. The Bertz CT molecular complexity index is 592. The predicted octanol–water partition coefficient (Wildman–Crippen LogP) is 3.51. The molecule has 1 unspecified atom stereocenters. The second kappa shape index (κ2) is 12.2. The molecule has 1 aromatic rings. The maximum Gasteiger partial charge on any atom is 0.267 e. The summed E-state index contributed by atoms with van der Waals surface area (Å²) in [4.78, 5) is 18.0. The molecule has 3 N–H and O–H groups in total. The minimum atomic E-state index is -0.550. The Morgan fingerprint density at radius 2 is 2.00 bits per heavy atom. The van der Waals surface area contributed by atoms with Crippen LogP contribution in [0.15, 0.2) is 24.4 Å². The first-order valence-corrected chi connectivity index (χ1v) is 9.30.